The molecule has 0 saturated carbocycles. The molecule has 8 nitrogen and oxygen atoms in total. The second-order valence-corrected chi connectivity index (χ2v) is 6.38. The Balaban J connectivity index is 2.48. The molecule has 0 aliphatic heterocycles. The van der Waals surface area contributed by atoms with Crippen LogP contribution in [0.2, 0.25) is 0 Å². The number of ketones is 1. The third-order valence-electron chi connectivity index (χ3n) is 3.05. The monoisotopic (exact) mass is 347 g/mol. The zero-order valence-electron chi connectivity index (χ0n) is 12.5. The molecule has 0 bridgehead atoms. The maximum atomic E-state index is 12.3. The van der Waals surface area contributed by atoms with Crippen molar-refractivity contribution in [2.45, 2.75) is 11.8 Å². The van der Waals surface area contributed by atoms with Crippen LogP contribution in [0.3, 0.4) is 0 Å². The number of hydrogen-bond acceptors (Lipinski definition) is 5. The van der Waals surface area contributed by atoms with E-state index in [-0.39, 0.29) is 34.8 Å². The Bertz CT molecular complexity index is 848. The van der Waals surface area contributed by atoms with E-state index in [4.69, 9.17) is 0 Å². The number of benzene rings is 1. The number of sulfonamides is 1. The van der Waals surface area contributed by atoms with Crippen molar-refractivity contribution in [3.63, 3.8) is 0 Å². The van der Waals surface area contributed by atoms with Crippen LogP contribution >= 0.6 is 0 Å². The Morgan fingerprint density at radius 3 is 1.92 bits per heavy atom. The van der Waals surface area contributed by atoms with E-state index in [0.717, 1.165) is 17.7 Å². The van der Waals surface area contributed by atoms with Crippen molar-refractivity contribution >= 4 is 34.3 Å². The molecule has 1 aromatic rings. The minimum absolute atomic E-state index is 0.0194. The lowest BCUT2D eigenvalue weighted by Crippen LogP contribution is -2.30. The third-order valence-corrected chi connectivity index (χ3v) is 4.37. The summed E-state index contributed by atoms with van der Waals surface area (Å²) in [5.74, 6) is -0.666. The first-order chi connectivity index (χ1) is 11.4. The zero-order valence-corrected chi connectivity index (χ0v) is 13.3. The number of allylic oxidation sites excluding steroid dienone is 2. The summed E-state index contributed by atoms with van der Waals surface area (Å²) in [6.07, 6.45) is 2.75. The summed E-state index contributed by atoms with van der Waals surface area (Å²) >= 11 is 0. The SMILES string of the molecule is Cc1ccc(S(=O)(=O)N=C2C=C(NC=O)C(=O)C(NC=O)=C2)cc1. The van der Waals surface area contributed by atoms with Crippen LogP contribution in [0.1, 0.15) is 5.56 Å². The minimum atomic E-state index is -4.02. The number of Topliss-reactive ketones (excluding diaryl/α,β-unsaturated/α-hetero) is 1. The Kier molecular flexibility index (Phi) is 5.05. The van der Waals surface area contributed by atoms with Gasteiger partial charge in [0.15, 0.2) is 0 Å². The van der Waals surface area contributed by atoms with E-state index < -0.39 is 15.8 Å². The van der Waals surface area contributed by atoms with Gasteiger partial charge in [-0.15, -0.1) is 0 Å². The fraction of sp³-hybridized carbons (Fsp3) is 0.0667. The summed E-state index contributed by atoms with van der Waals surface area (Å²) in [4.78, 5) is 33.0. The summed E-state index contributed by atoms with van der Waals surface area (Å²) < 4.78 is 28.3. The van der Waals surface area contributed by atoms with Crippen LogP contribution in [0.25, 0.3) is 0 Å². The lowest BCUT2D eigenvalue weighted by molar-refractivity contribution is -0.116. The van der Waals surface area contributed by atoms with Crippen LogP contribution in [-0.2, 0) is 24.4 Å². The molecule has 124 valence electrons. The fourth-order valence-electron chi connectivity index (χ4n) is 1.91. The van der Waals surface area contributed by atoms with Crippen LogP contribution in [-0.4, -0.2) is 32.7 Å². The van der Waals surface area contributed by atoms with E-state index in [1.807, 2.05) is 6.92 Å². The van der Waals surface area contributed by atoms with Crippen molar-refractivity contribution in [1.82, 2.24) is 10.6 Å². The Morgan fingerprint density at radius 2 is 1.46 bits per heavy atom. The summed E-state index contributed by atoms with van der Waals surface area (Å²) in [6.45, 7) is 1.81. The van der Waals surface area contributed by atoms with Gasteiger partial charge in [-0.1, -0.05) is 17.7 Å². The molecule has 0 atom stereocenters. The zero-order chi connectivity index (χ0) is 17.7. The van der Waals surface area contributed by atoms with Crippen LogP contribution in [0.5, 0.6) is 0 Å². The molecule has 1 aromatic carbocycles. The molecule has 2 N–H and O–H groups in total. The number of hydrogen-bond donors (Lipinski definition) is 2. The van der Waals surface area contributed by atoms with Crippen molar-refractivity contribution in [3.05, 3.63) is 53.4 Å². The topological polar surface area (TPSA) is 122 Å². The van der Waals surface area contributed by atoms with Crippen molar-refractivity contribution in [3.8, 4) is 0 Å². The molecule has 0 radical (unpaired) electrons. The molecular weight excluding hydrogens is 334 g/mol. The average molecular weight is 347 g/mol. The maximum Gasteiger partial charge on any atom is 0.282 e. The lowest BCUT2D eigenvalue weighted by Gasteiger charge is -2.13. The Morgan fingerprint density at radius 1 is 0.958 bits per heavy atom. The van der Waals surface area contributed by atoms with Gasteiger partial charge in [0.25, 0.3) is 10.0 Å². The van der Waals surface area contributed by atoms with Gasteiger partial charge in [-0.3, -0.25) is 14.4 Å². The third kappa shape index (κ3) is 3.82. The molecule has 24 heavy (non-hydrogen) atoms. The molecule has 2 rings (SSSR count). The van der Waals surface area contributed by atoms with Gasteiger partial charge >= 0.3 is 0 Å². The first-order valence-corrected chi connectivity index (χ1v) is 8.11. The van der Waals surface area contributed by atoms with Crippen LogP contribution in [0.15, 0.2) is 57.1 Å². The van der Waals surface area contributed by atoms with Gasteiger partial charge in [0.05, 0.1) is 22.0 Å². The number of carbonyl (C=O) groups is 3. The predicted octanol–water partition coefficient (Wildman–Crippen LogP) is -0.0328. The molecule has 1 aliphatic carbocycles. The van der Waals surface area contributed by atoms with Crippen molar-refractivity contribution in [2.75, 3.05) is 0 Å². The van der Waals surface area contributed by atoms with Gasteiger partial charge < -0.3 is 10.6 Å². The van der Waals surface area contributed by atoms with Gasteiger partial charge in [-0.25, -0.2) is 0 Å². The van der Waals surface area contributed by atoms with Crippen molar-refractivity contribution in [2.24, 2.45) is 4.40 Å². The molecule has 0 fully saturated rings. The molecule has 9 heteroatoms. The number of nitrogens with zero attached hydrogens (tertiary/aromatic N) is 1. The van der Waals surface area contributed by atoms with E-state index in [2.05, 4.69) is 15.0 Å². The van der Waals surface area contributed by atoms with E-state index in [0.29, 0.717) is 0 Å². The summed E-state index contributed by atoms with van der Waals surface area (Å²) in [6, 6.07) is 6.07. The van der Waals surface area contributed by atoms with Crippen LogP contribution in [0, 0.1) is 6.92 Å². The minimum Gasteiger partial charge on any atom is -0.325 e. The summed E-state index contributed by atoms with van der Waals surface area (Å²) in [7, 11) is -4.02. The standard InChI is InChI=1S/C15H13N3O5S/c1-10-2-4-12(5-3-10)24(22,23)18-11-6-13(16-8-19)15(21)14(7-11)17-9-20/h2-9H,1H3,(H,16,19)(H,17,20). The molecule has 0 aromatic heterocycles. The average Bonchev–Trinajstić information content (AvgIpc) is 2.52. The van der Waals surface area contributed by atoms with E-state index in [1.165, 1.54) is 12.1 Å². The lowest BCUT2D eigenvalue weighted by atomic mass is 10.1. The fourth-order valence-corrected chi connectivity index (χ4v) is 2.88. The molecule has 0 heterocycles. The second kappa shape index (κ2) is 7.01. The van der Waals surface area contributed by atoms with Gasteiger partial charge in [-0.05, 0) is 31.2 Å². The number of carbonyl (C=O) groups excluding carboxylic acids is 3. The first-order valence-electron chi connectivity index (χ1n) is 6.67. The number of nitrogens with one attached hydrogen (secondary N) is 2. The Labute approximate surface area is 138 Å². The summed E-state index contributed by atoms with van der Waals surface area (Å²) in [5, 5.41) is 4.29. The number of aryl methyl sites for hydroxylation is 1. The first kappa shape index (κ1) is 17.3. The highest BCUT2D eigenvalue weighted by atomic mass is 32.2. The highest BCUT2D eigenvalue weighted by Gasteiger charge is 2.22. The van der Waals surface area contributed by atoms with Gasteiger partial charge in [-0.2, -0.15) is 12.8 Å². The normalized spacial score (nSPS) is 14.4. The molecule has 1 aliphatic rings. The van der Waals surface area contributed by atoms with Gasteiger partial charge in [0, 0.05) is 0 Å². The van der Waals surface area contributed by atoms with Gasteiger partial charge in [0.2, 0.25) is 18.6 Å². The van der Waals surface area contributed by atoms with Crippen molar-refractivity contribution < 1.29 is 22.8 Å². The molecule has 2 amide bonds. The predicted molar refractivity (Wildman–Crippen MR) is 85.4 cm³/mol. The van der Waals surface area contributed by atoms with Gasteiger partial charge in [0.1, 0.15) is 0 Å². The molecule has 0 unspecified atom stereocenters. The quantitative estimate of drug-likeness (QED) is 0.553. The van der Waals surface area contributed by atoms with Crippen LogP contribution < -0.4 is 10.6 Å². The highest BCUT2D eigenvalue weighted by Crippen LogP contribution is 2.16. The molecule has 0 saturated heterocycles. The van der Waals surface area contributed by atoms with E-state index in [1.54, 1.807) is 12.1 Å². The maximum absolute atomic E-state index is 12.3. The second-order valence-electron chi connectivity index (χ2n) is 4.77. The number of rotatable bonds is 6. The van der Waals surface area contributed by atoms with E-state index in [9.17, 15) is 22.8 Å². The molecule has 0 spiro atoms. The van der Waals surface area contributed by atoms with Crippen LogP contribution in [0.4, 0.5) is 0 Å². The number of amides is 2. The smallest absolute Gasteiger partial charge is 0.282 e. The highest BCUT2D eigenvalue weighted by molar-refractivity contribution is 7.90. The largest absolute Gasteiger partial charge is 0.325 e. The van der Waals surface area contributed by atoms with Crippen molar-refractivity contribution in [1.29, 1.82) is 0 Å². The Hall–Kier alpha value is -3.07. The van der Waals surface area contributed by atoms with E-state index >= 15 is 0 Å². The molecular formula is C15H13N3O5S. The summed E-state index contributed by atoms with van der Waals surface area (Å²) in [5.41, 5.74) is 0.382.